The van der Waals surface area contributed by atoms with Crippen molar-refractivity contribution in [3.63, 3.8) is 0 Å². The SMILES string of the molecule is CC1(C)C(CCl)C1c1ccc(F)c(Cl)c1. The summed E-state index contributed by atoms with van der Waals surface area (Å²) in [6.45, 7) is 4.37. The second-order valence-electron chi connectivity index (χ2n) is 4.73. The van der Waals surface area contributed by atoms with Gasteiger partial charge in [-0.1, -0.05) is 31.5 Å². The Morgan fingerprint density at radius 3 is 2.53 bits per heavy atom. The molecule has 0 aliphatic heterocycles. The van der Waals surface area contributed by atoms with Crippen LogP contribution in [0.4, 0.5) is 4.39 Å². The lowest BCUT2D eigenvalue weighted by molar-refractivity contribution is 0.576. The van der Waals surface area contributed by atoms with Crippen LogP contribution < -0.4 is 0 Å². The van der Waals surface area contributed by atoms with Crippen molar-refractivity contribution in [2.45, 2.75) is 19.8 Å². The molecule has 15 heavy (non-hydrogen) atoms. The molecule has 1 fully saturated rings. The molecule has 1 aliphatic rings. The Morgan fingerprint density at radius 2 is 2.07 bits per heavy atom. The van der Waals surface area contributed by atoms with E-state index in [0.29, 0.717) is 17.7 Å². The van der Waals surface area contributed by atoms with Gasteiger partial charge in [-0.25, -0.2) is 4.39 Å². The molecule has 0 saturated heterocycles. The van der Waals surface area contributed by atoms with Gasteiger partial charge in [-0.15, -0.1) is 11.6 Å². The summed E-state index contributed by atoms with van der Waals surface area (Å²) in [4.78, 5) is 0. The van der Waals surface area contributed by atoms with Crippen LogP contribution in [-0.2, 0) is 0 Å². The lowest BCUT2D eigenvalue weighted by Gasteiger charge is -2.04. The highest BCUT2D eigenvalue weighted by molar-refractivity contribution is 6.30. The molecule has 2 atom stereocenters. The summed E-state index contributed by atoms with van der Waals surface area (Å²) in [5.41, 5.74) is 1.31. The monoisotopic (exact) mass is 246 g/mol. The Morgan fingerprint density at radius 1 is 1.40 bits per heavy atom. The summed E-state index contributed by atoms with van der Waals surface area (Å²) in [5, 5.41) is 0.198. The van der Waals surface area contributed by atoms with Crippen LogP contribution in [0.2, 0.25) is 5.02 Å². The molecule has 1 saturated carbocycles. The van der Waals surface area contributed by atoms with Crippen LogP contribution in [-0.4, -0.2) is 5.88 Å². The van der Waals surface area contributed by atoms with Crippen molar-refractivity contribution in [2.75, 3.05) is 5.88 Å². The number of alkyl halides is 1. The van der Waals surface area contributed by atoms with Gasteiger partial charge in [-0.3, -0.25) is 0 Å². The van der Waals surface area contributed by atoms with Crippen LogP contribution in [0, 0.1) is 17.2 Å². The van der Waals surface area contributed by atoms with E-state index in [0.717, 1.165) is 5.56 Å². The van der Waals surface area contributed by atoms with Crippen LogP contribution in [0.1, 0.15) is 25.3 Å². The Kier molecular flexibility index (Phi) is 2.72. The molecule has 0 amide bonds. The van der Waals surface area contributed by atoms with Crippen LogP contribution >= 0.6 is 23.2 Å². The minimum atomic E-state index is -0.360. The zero-order valence-electron chi connectivity index (χ0n) is 8.73. The molecule has 82 valence electrons. The number of hydrogen-bond donors (Lipinski definition) is 0. The third-order valence-corrected chi connectivity index (χ3v) is 4.14. The largest absolute Gasteiger partial charge is 0.205 e. The average Bonchev–Trinajstić information content (AvgIpc) is 2.73. The van der Waals surface area contributed by atoms with Gasteiger partial charge in [0.05, 0.1) is 5.02 Å². The zero-order valence-corrected chi connectivity index (χ0v) is 10.2. The van der Waals surface area contributed by atoms with Crippen molar-refractivity contribution in [1.82, 2.24) is 0 Å². The fourth-order valence-corrected chi connectivity index (χ4v) is 3.16. The highest BCUT2D eigenvalue weighted by Crippen LogP contribution is 2.64. The van der Waals surface area contributed by atoms with Crippen LogP contribution in [0.3, 0.4) is 0 Å². The fourth-order valence-electron chi connectivity index (χ4n) is 2.40. The summed E-state index contributed by atoms with van der Waals surface area (Å²) < 4.78 is 13.0. The van der Waals surface area contributed by atoms with Crippen molar-refractivity contribution in [3.05, 3.63) is 34.6 Å². The van der Waals surface area contributed by atoms with E-state index in [-0.39, 0.29) is 16.3 Å². The van der Waals surface area contributed by atoms with Gasteiger partial charge < -0.3 is 0 Å². The molecule has 2 unspecified atom stereocenters. The molecule has 0 N–H and O–H groups in total. The van der Waals surface area contributed by atoms with Crippen molar-refractivity contribution < 1.29 is 4.39 Å². The zero-order chi connectivity index (χ0) is 11.2. The van der Waals surface area contributed by atoms with Crippen molar-refractivity contribution in [1.29, 1.82) is 0 Å². The van der Waals surface area contributed by atoms with Crippen LogP contribution in [0.5, 0.6) is 0 Å². The summed E-state index contributed by atoms with van der Waals surface area (Å²) >= 11 is 11.7. The highest BCUT2D eigenvalue weighted by Gasteiger charge is 2.57. The molecule has 1 aromatic carbocycles. The average molecular weight is 247 g/mol. The first-order valence-corrected chi connectivity index (χ1v) is 5.90. The van der Waals surface area contributed by atoms with Crippen molar-refractivity contribution >= 4 is 23.2 Å². The van der Waals surface area contributed by atoms with E-state index in [1.165, 1.54) is 6.07 Å². The first-order chi connectivity index (χ1) is 6.98. The Labute approximate surface area is 99.4 Å². The molecule has 0 spiro atoms. The Balaban J connectivity index is 2.29. The fraction of sp³-hybridized carbons (Fsp3) is 0.500. The molecule has 1 aliphatic carbocycles. The predicted molar refractivity (Wildman–Crippen MR) is 62.1 cm³/mol. The molecule has 0 bridgehead atoms. The maximum Gasteiger partial charge on any atom is 0.141 e. The van der Waals surface area contributed by atoms with Gasteiger partial charge in [0, 0.05) is 5.88 Å². The number of halogens is 3. The van der Waals surface area contributed by atoms with Gasteiger partial charge in [-0.2, -0.15) is 0 Å². The van der Waals surface area contributed by atoms with Gasteiger partial charge in [0.2, 0.25) is 0 Å². The van der Waals surface area contributed by atoms with E-state index >= 15 is 0 Å². The molecular weight excluding hydrogens is 234 g/mol. The Bertz CT molecular complexity index is 387. The lowest BCUT2D eigenvalue weighted by Crippen LogP contribution is -1.91. The molecule has 2 rings (SSSR count). The van der Waals surface area contributed by atoms with Gasteiger partial charge in [-0.05, 0) is 34.9 Å². The van der Waals surface area contributed by atoms with Crippen molar-refractivity contribution in [3.8, 4) is 0 Å². The predicted octanol–water partition coefficient (Wildman–Crippen LogP) is 4.46. The maximum atomic E-state index is 13.0. The number of rotatable bonds is 2. The molecule has 0 aromatic heterocycles. The molecule has 1 aromatic rings. The number of benzene rings is 1. The first kappa shape index (κ1) is 11.2. The third-order valence-electron chi connectivity index (χ3n) is 3.52. The number of hydrogen-bond acceptors (Lipinski definition) is 0. The van der Waals surface area contributed by atoms with Crippen LogP contribution in [0.15, 0.2) is 18.2 Å². The van der Waals surface area contributed by atoms with Gasteiger partial charge in [0.1, 0.15) is 5.82 Å². The van der Waals surface area contributed by atoms with E-state index in [4.69, 9.17) is 23.2 Å². The van der Waals surface area contributed by atoms with Crippen LogP contribution in [0.25, 0.3) is 0 Å². The maximum absolute atomic E-state index is 13.0. The third kappa shape index (κ3) is 1.76. The second kappa shape index (κ2) is 3.64. The van der Waals surface area contributed by atoms with E-state index in [2.05, 4.69) is 13.8 Å². The summed E-state index contributed by atoms with van der Waals surface area (Å²) in [5.74, 6) is 1.17. The molecule has 0 heterocycles. The Hall–Kier alpha value is -0.270. The summed E-state index contributed by atoms with van der Waals surface area (Å²) in [7, 11) is 0. The van der Waals surface area contributed by atoms with E-state index in [1.54, 1.807) is 12.1 Å². The summed E-state index contributed by atoms with van der Waals surface area (Å²) in [6, 6.07) is 4.95. The minimum absolute atomic E-state index is 0.198. The minimum Gasteiger partial charge on any atom is -0.205 e. The van der Waals surface area contributed by atoms with Gasteiger partial charge >= 0.3 is 0 Å². The lowest BCUT2D eigenvalue weighted by atomic mass is 10.0. The van der Waals surface area contributed by atoms with E-state index in [1.807, 2.05) is 0 Å². The van der Waals surface area contributed by atoms with Gasteiger partial charge in [0.15, 0.2) is 0 Å². The second-order valence-corrected chi connectivity index (χ2v) is 5.45. The van der Waals surface area contributed by atoms with E-state index in [9.17, 15) is 4.39 Å². The summed E-state index contributed by atoms with van der Waals surface area (Å²) in [6.07, 6.45) is 0. The topological polar surface area (TPSA) is 0 Å². The first-order valence-electron chi connectivity index (χ1n) is 4.99. The smallest absolute Gasteiger partial charge is 0.141 e. The van der Waals surface area contributed by atoms with Crippen molar-refractivity contribution in [2.24, 2.45) is 11.3 Å². The standard InChI is InChI=1S/C12H13Cl2F/c1-12(2)8(6-13)11(12)7-3-4-10(15)9(14)5-7/h3-5,8,11H,6H2,1-2H3. The van der Waals surface area contributed by atoms with E-state index < -0.39 is 0 Å². The molecular formula is C12H13Cl2F. The highest BCUT2D eigenvalue weighted by atomic mass is 35.5. The van der Waals surface area contributed by atoms with Gasteiger partial charge in [0.25, 0.3) is 0 Å². The molecule has 0 nitrogen and oxygen atoms in total. The normalized spacial score (nSPS) is 27.8. The molecule has 0 radical (unpaired) electrons. The molecule has 3 heteroatoms. The quantitative estimate of drug-likeness (QED) is 0.677.